The van der Waals surface area contributed by atoms with Crippen molar-refractivity contribution in [3.8, 4) is 0 Å². The fourth-order valence-electron chi connectivity index (χ4n) is 1.87. The third kappa shape index (κ3) is 3.74. The Hall–Kier alpha value is -1.48. The highest BCUT2D eigenvalue weighted by molar-refractivity contribution is 9.10. The molecule has 19 heavy (non-hydrogen) atoms. The minimum atomic E-state index is 0.0890. The minimum Gasteiger partial charge on any atom is -0.294 e. The first-order valence-electron chi connectivity index (χ1n) is 6.29. The SMILES string of the molecule is CC(C)c1ccc(CC(=O)c2cncc(Br)c2)cc1. The van der Waals surface area contributed by atoms with E-state index in [1.54, 1.807) is 18.5 Å². The van der Waals surface area contributed by atoms with Gasteiger partial charge in [0.25, 0.3) is 0 Å². The van der Waals surface area contributed by atoms with E-state index < -0.39 is 0 Å². The lowest BCUT2D eigenvalue weighted by atomic mass is 9.99. The highest BCUT2D eigenvalue weighted by Crippen LogP contribution is 2.16. The highest BCUT2D eigenvalue weighted by Gasteiger charge is 2.08. The van der Waals surface area contributed by atoms with Crippen molar-refractivity contribution in [3.05, 3.63) is 63.9 Å². The van der Waals surface area contributed by atoms with Crippen molar-refractivity contribution in [2.75, 3.05) is 0 Å². The Morgan fingerprint density at radius 3 is 2.47 bits per heavy atom. The molecule has 1 heterocycles. The van der Waals surface area contributed by atoms with Crippen molar-refractivity contribution in [2.24, 2.45) is 0 Å². The maximum atomic E-state index is 12.1. The number of hydrogen-bond acceptors (Lipinski definition) is 2. The summed E-state index contributed by atoms with van der Waals surface area (Å²) in [7, 11) is 0. The van der Waals surface area contributed by atoms with E-state index in [-0.39, 0.29) is 5.78 Å². The zero-order chi connectivity index (χ0) is 13.8. The van der Waals surface area contributed by atoms with Gasteiger partial charge in [0, 0.05) is 28.9 Å². The van der Waals surface area contributed by atoms with Crippen LogP contribution in [0.15, 0.2) is 47.2 Å². The van der Waals surface area contributed by atoms with Crippen LogP contribution in [-0.2, 0) is 6.42 Å². The average molecular weight is 318 g/mol. The van der Waals surface area contributed by atoms with Crippen LogP contribution in [0.5, 0.6) is 0 Å². The van der Waals surface area contributed by atoms with Crippen molar-refractivity contribution in [1.82, 2.24) is 4.98 Å². The Bertz CT molecular complexity index is 576. The van der Waals surface area contributed by atoms with E-state index in [1.807, 2.05) is 12.1 Å². The molecule has 0 saturated carbocycles. The number of benzene rings is 1. The molecule has 2 rings (SSSR count). The molecule has 0 aliphatic heterocycles. The fourth-order valence-corrected chi connectivity index (χ4v) is 2.24. The van der Waals surface area contributed by atoms with Crippen LogP contribution in [0.2, 0.25) is 0 Å². The molecule has 2 aromatic rings. The third-order valence-corrected chi connectivity index (χ3v) is 3.47. The van der Waals surface area contributed by atoms with Gasteiger partial charge in [-0.05, 0) is 39.0 Å². The second-order valence-electron chi connectivity index (χ2n) is 4.89. The van der Waals surface area contributed by atoms with Crippen LogP contribution in [0.1, 0.15) is 41.3 Å². The number of nitrogens with zero attached hydrogens (tertiary/aromatic N) is 1. The molecule has 0 N–H and O–H groups in total. The monoisotopic (exact) mass is 317 g/mol. The average Bonchev–Trinajstić information content (AvgIpc) is 2.39. The molecule has 1 aromatic carbocycles. The van der Waals surface area contributed by atoms with Gasteiger partial charge in [-0.25, -0.2) is 0 Å². The number of hydrogen-bond donors (Lipinski definition) is 0. The van der Waals surface area contributed by atoms with E-state index in [0.717, 1.165) is 10.0 Å². The highest BCUT2D eigenvalue weighted by atomic mass is 79.9. The van der Waals surface area contributed by atoms with E-state index >= 15 is 0 Å². The fraction of sp³-hybridized carbons (Fsp3) is 0.250. The number of carbonyl (C=O) groups excluding carboxylic acids is 1. The predicted octanol–water partition coefficient (Wildman–Crippen LogP) is 4.39. The maximum Gasteiger partial charge on any atom is 0.168 e. The number of rotatable bonds is 4. The Morgan fingerprint density at radius 2 is 1.89 bits per heavy atom. The smallest absolute Gasteiger partial charge is 0.168 e. The van der Waals surface area contributed by atoms with Crippen molar-refractivity contribution in [3.63, 3.8) is 0 Å². The molecule has 0 saturated heterocycles. The molecule has 0 aliphatic rings. The lowest BCUT2D eigenvalue weighted by Crippen LogP contribution is -2.04. The van der Waals surface area contributed by atoms with Crippen LogP contribution in [0.4, 0.5) is 0 Å². The van der Waals surface area contributed by atoms with E-state index in [2.05, 4.69) is 46.9 Å². The van der Waals surface area contributed by atoms with Crippen LogP contribution in [0.25, 0.3) is 0 Å². The molecule has 0 amide bonds. The van der Waals surface area contributed by atoms with Gasteiger partial charge in [0.05, 0.1) is 0 Å². The molecule has 0 aliphatic carbocycles. The second kappa shape index (κ2) is 6.11. The first kappa shape index (κ1) is 13.9. The lowest BCUT2D eigenvalue weighted by Gasteiger charge is -2.06. The van der Waals surface area contributed by atoms with E-state index in [9.17, 15) is 4.79 Å². The quantitative estimate of drug-likeness (QED) is 0.783. The van der Waals surface area contributed by atoms with Crippen LogP contribution in [0.3, 0.4) is 0 Å². The molecule has 0 bridgehead atoms. The van der Waals surface area contributed by atoms with Gasteiger partial charge in [-0.1, -0.05) is 38.1 Å². The molecule has 0 unspecified atom stereocenters. The van der Waals surface area contributed by atoms with E-state index in [1.165, 1.54) is 5.56 Å². The Balaban J connectivity index is 2.10. The largest absolute Gasteiger partial charge is 0.294 e. The molecular weight excluding hydrogens is 302 g/mol. The zero-order valence-electron chi connectivity index (χ0n) is 11.1. The van der Waals surface area contributed by atoms with Gasteiger partial charge in [-0.3, -0.25) is 9.78 Å². The Labute approximate surface area is 122 Å². The van der Waals surface area contributed by atoms with Crippen LogP contribution < -0.4 is 0 Å². The van der Waals surface area contributed by atoms with Crippen molar-refractivity contribution in [1.29, 1.82) is 0 Å². The van der Waals surface area contributed by atoms with Crippen LogP contribution >= 0.6 is 15.9 Å². The van der Waals surface area contributed by atoms with E-state index in [4.69, 9.17) is 0 Å². The summed E-state index contributed by atoms with van der Waals surface area (Å²) in [6.07, 6.45) is 3.69. The number of halogens is 1. The number of Topliss-reactive ketones (excluding diaryl/α,β-unsaturated/α-hetero) is 1. The predicted molar refractivity (Wildman–Crippen MR) is 80.5 cm³/mol. The van der Waals surface area contributed by atoms with Gasteiger partial charge in [-0.2, -0.15) is 0 Å². The number of pyridine rings is 1. The number of carbonyl (C=O) groups is 1. The van der Waals surface area contributed by atoms with Gasteiger partial charge >= 0.3 is 0 Å². The Morgan fingerprint density at radius 1 is 1.21 bits per heavy atom. The standard InChI is InChI=1S/C16H16BrNO/c1-11(2)13-5-3-12(4-6-13)7-16(19)14-8-15(17)10-18-9-14/h3-6,8-11H,7H2,1-2H3. The summed E-state index contributed by atoms with van der Waals surface area (Å²) < 4.78 is 0.827. The molecule has 3 heteroatoms. The molecular formula is C16H16BrNO. The van der Waals surface area contributed by atoms with Crippen LogP contribution in [0, 0.1) is 0 Å². The molecule has 2 nitrogen and oxygen atoms in total. The molecule has 0 spiro atoms. The van der Waals surface area contributed by atoms with Crippen molar-refractivity contribution < 1.29 is 4.79 Å². The summed E-state index contributed by atoms with van der Waals surface area (Å²) in [5.74, 6) is 0.602. The topological polar surface area (TPSA) is 30.0 Å². The number of ketones is 1. The third-order valence-electron chi connectivity index (χ3n) is 3.04. The molecule has 0 atom stereocenters. The minimum absolute atomic E-state index is 0.0890. The number of aromatic nitrogens is 1. The summed E-state index contributed by atoms with van der Waals surface area (Å²) >= 11 is 3.33. The second-order valence-corrected chi connectivity index (χ2v) is 5.80. The summed E-state index contributed by atoms with van der Waals surface area (Å²) in [6, 6.07) is 10.0. The van der Waals surface area contributed by atoms with Gasteiger partial charge in [-0.15, -0.1) is 0 Å². The normalized spacial score (nSPS) is 10.7. The zero-order valence-corrected chi connectivity index (χ0v) is 12.6. The molecule has 1 aromatic heterocycles. The maximum absolute atomic E-state index is 12.1. The molecule has 98 valence electrons. The van der Waals surface area contributed by atoms with E-state index in [0.29, 0.717) is 17.9 Å². The summed E-state index contributed by atoms with van der Waals surface area (Å²) in [4.78, 5) is 16.1. The summed E-state index contributed by atoms with van der Waals surface area (Å²) in [6.45, 7) is 4.32. The van der Waals surface area contributed by atoms with Gasteiger partial charge in [0.1, 0.15) is 0 Å². The van der Waals surface area contributed by atoms with Crippen molar-refractivity contribution in [2.45, 2.75) is 26.2 Å². The van der Waals surface area contributed by atoms with Gasteiger partial charge in [0.15, 0.2) is 5.78 Å². The van der Waals surface area contributed by atoms with Gasteiger partial charge < -0.3 is 0 Å². The first-order chi connectivity index (χ1) is 9.06. The summed E-state index contributed by atoms with van der Waals surface area (Å²) in [5, 5.41) is 0. The Kier molecular flexibility index (Phi) is 4.48. The molecule has 0 radical (unpaired) electrons. The lowest BCUT2D eigenvalue weighted by molar-refractivity contribution is 0.0992. The van der Waals surface area contributed by atoms with Crippen molar-refractivity contribution >= 4 is 21.7 Å². The van der Waals surface area contributed by atoms with Gasteiger partial charge in [0.2, 0.25) is 0 Å². The first-order valence-corrected chi connectivity index (χ1v) is 7.08. The molecule has 0 fully saturated rings. The van der Waals surface area contributed by atoms with Crippen LogP contribution in [-0.4, -0.2) is 10.8 Å². The summed E-state index contributed by atoms with van der Waals surface area (Å²) in [5.41, 5.74) is 2.97.